The van der Waals surface area contributed by atoms with Crippen molar-refractivity contribution < 1.29 is 15.3 Å². The van der Waals surface area contributed by atoms with Crippen molar-refractivity contribution in [2.24, 2.45) is 5.92 Å². The smallest absolute Gasteiger partial charge is 0.0929 e. The molecule has 0 aromatic rings. The molecule has 0 saturated carbocycles. The average molecular weight is 161 g/mol. The Morgan fingerprint density at radius 3 is 2.55 bits per heavy atom. The summed E-state index contributed by atoms with van der Waals surface area (Å²) in [5.41, 5.74) is 0. The van der Waals surface area contributed by atoms with Gasteiger partial charge in [0, 0.05) is 25.6 Å². The molecule has 0 amide bonds. The maximum atomic E-state index is 9.32. The fraction of sp³-hybridized carbons (Fsp3) is 1.00. The van der Waals surface area contributed by atoms with Crippen molar-refractivity contribution in [2.45, 2.75) is 12.2 Å². The zero-order chi connectivity index (χ0) is 8.43. The van der Waals surface area contributed by atoms with Crippen LogP contribution in [0.3, 0.4) is 0 Å². The summed E-state index contributed by atoms with van der Waals surface area (Å²) in [6, 6.07) is 0. The predicted molar refractivity (Wildman–Crippen MR) is 40.1 cm³/mol. The molecule has 11 heavy (non-hydrogen) atoms. The first-order chi connectivity index (χ1) is 5.15. The fourth-order valence-electron chi connectivity index (χ4n) is 1.49. The highest BCUT2D eigenvalue weighted by molar-refractivity contribution is 4.84. The van der Waals surface area contributed by atoms with E-state index in [2.05, 4.69) is 0 Å². The number of piperidine rings is 1. The third kappa shape index (κ3) is 1.90. The van der Waals surface area contributed by atoms with E-state index in [1.807, 2.05) is 11.9 Å². The lowest BCUT2D eigenvalue weighted by atomic mass is 9.94. The molecule has 0 bridgehead atoms. The minimum atomic E-state index is -0.767. The highest BCUT2D eigenvalue weighted by Crippen LogP contribution is 2.15. The first kappa shape index (κ1) is 8.93. The van der Waals surface area contributed by atoms with Crippen molar-refractivity contribution in [1.29, 1.82) is 0 Å². The highest BCUT2D eigenvalue weighted by atomic mass is 16.3. The van der Waals surface area contributed by atoms with Crippen LogP contribution in [0.1, 0.15) is 0 Å². The Labute approximate surface area is 66.1 Å². The first-order valence-electron chi connectivity index (χ1n) is 3.80. The van der Waals surface area contributed by atoms with Crippen molar-refractivity contribution >= 4 is 0 Å². The SMILES string of the molecule is CN1C[C@@H](CO)[C@H](O)[C@@H](O)C1. The van der Waals surface area contributed by atoms with E-state index in [0.717, 1.165) is 0 Å². The van der Waals surface area contributed by atoms with Crippen LogP contribution in [0, 0.1) is 5.92 Å². The molecule has 1 fully saturated rings. The van der Waals surface area contributed by atoms with E-state index >= 15 is 0 Å². The van der Waals surface area contributed by atoms with Crippen LogP contribution in [0.2, 0.25) is 0 Å². The van der Waals surface area contributed by atoms with Crippen LogP contribution in [-0.2, 0) is 0 Å². The van der Waals surface area contributed by atoms with Crippen LogP contribution in [0.25, 0.3) is 0 Å². The highest BCUT2D eigenvalue weighted by Gasteiger charge is 2.32. The number of likely N-dealkylation sites (tertiary alicyclic amines) is 1. The molecular weight excluding hydrogens is 146 g/mol. The van der Waals surface area contributed by atoms with E-state index in [4.69, 9.17) is 5.11 Å². The van der Waals surface area contributed by atoms with Crippen LogP contribution in [-0.4, -0.2) is 59.2 Å². The molecule has 1 aliphatic rings. The largest absolute Gasteiger partial charge is 0.396 e. The summed E-state index contributed by atoms with van der Waals surface area (Å²) in [5, 5.41) is 27.4. The second-order valence-corrected chi connectivity index (χ2v) is 3.22. The van der Waals surface area contributed by atoms with Crippen LogP contribution >= 0.6 is 0 Å². The summed E-state index contributed by atoms with van der Waals surface area (Å²) >= 11 is 0. The second kappa shape index (κ2) is 3.49. The van der Waals surface area contributed by atoms with E-state index < -0.39 is 12.2 Å². The quantitative estimate of drug-likeness (QED) is 0.427. The molecule has 4 nitrogen and oxygen atoms in total. The van der Waals surface area contributed by atoms with E-state index in [0.29, 0.717) is 13.1 Å². The lowest BCUT2D eigenvalue weighted by molar-refractivity contribution is -0.0804. The molecule has 0 aromatic carbocycles. The van der Waals surface area contributed by atoms with E-state index in [1.54, 1.807) is 0 Å². The third-order valence-electron chi connectivity index (χ3n) is 2.16. The first-order valence-corrected chi connectivity index (χ1v) is 3.80. The Morgan fingerprint density at radius 1 is 1.36 bits per heavy atom. The molecule has 4 heteroatoms. The summed E-state index contributed by atoms with van der Waals surface area (Å²) in [7, 11) is 1.86. The number of hydrogen-bond acceptors (Lipinski definition) is 4. The Hall–Kier alpha value is -0.160. The molecule has 0 unspecified atom stereocenters. The molecule has 1 rings (SSSR count). The van der Waals surface area contributed by atoms with Crippen molar-refractivity contribution in [3.05, 3.63) is 0 Å². The van der Waals surface area contributed by atoms with Crippen molar-refractivity contribution in [2.75, 3.05) is 26.7 Å². The van der Waals surface area contributed by atoms with Crippen molar-refractivity contribution in [3.8, 4) is 0 Å². The monoisotopic (exact) mass is 161 g/mol. The minimum Gasteiger partial charge on any atom is -0.396 e. The number of aliphatic hydroxyl groups excluding tert-OH is 3. The zero-order valence-electron chi connectivity index (χ0n) is 6.64. The normalized spacial score (nSPS) is 40.9. The van der Waals surface area contributed by atoms with Gasteiger partial charge in [0.2, 0.25) is 0 Å². The Bertz CT molecular complexity index is 131. The molecule has 3 atom stereocenters. The van der Waals surface area contributed by atoms with Crippen LogP contribution in [0.15, 0.2) is 0 Å². The van der Waals surface area contributed by atoms with E-state index in [1.165, 1.54) is 0 Å². The van der Waals surface area contributed by atoms with Crippen molar-refractivity contribution in [1.82, 2.24) is 4.90 Å². The molecule has 3 N–H and O–H groups in total. The van der Waals surface area contributed by atoms with Gasteiger partial charge in [-0.15, -0.1) is 0 Å². The number of likely N-dealkylation sites (N-methyl/N-ethyl adjacent to an activating group) is 1. The van der Waals surface area contributed by atoms with Crippen molar-refractivity contribution in [3.63, 3.8) is 0 Å². The summed E-state index contributed by atoms with van der Waals surface area (Å²) in [5.74, 6) is -0.205. The molecule has 1 heterocycles. The summed E-state index contributed by atoms with van der Waals surface area (Å²) in [4.78, 5) is 1.90. The molecule has 0 aliphatic carbocycles. The van der Waals surface area contributed by atoms with Gasteiger partial charge < -0.3 is 20.2 Å². The molecule has 0 aromatic heterocycles. The molecular formula is C7H15NO3. The Balaban J connectivity index is 2.51. The second-order valence-electron chi connectivity index (χ2n) is 3.22. The predicted octanol–water partition coefficient (Wildman–Crippen LogP) is -1.74. The number of hydrogen-bond donors (Lipinski definition) is 3. The summed E-state index contributed by atoms with van der Waals surface area (Å²) in [6.45, 7) is 1.06. The van der Waals surface area contributed by atoms with Gasteiger partial charge in [-0.2, -0.15) is 0 Å². The molecule has 1 saturated heterocycles. The van der Waals surface area contributed by atoms with Gasteiger partial charge >= 0.3 is 0 Å². The van der Waals surface area contributed by atoms with Gasteiger partial charge in [0.1, 0.15) is 0 Å². The molecule has 0 radical (unpaired) electrons. The minimum absolute atomic E-state index is 0.0669. The van der Waals surface area contributed by atoms with Gasteiger partial charge in [-0.05, 0) is 7.05 Å². The lowest BCUT2D eigenvalue weighted by Crippen LogP contribution is -2.52. The van der Waals surface area contributed by atoms with Crippen LogP contribution in [0.4, 0.5) is 0 Å². The number of β-amino-alcohol motifs (C(OH)–C–C–N with tert-alkyl or cyclic N) is 1. The van der Waals surface area contributed by atoms with Gasteiger partial charge in [-0.1, -0.05) is 0 Å². The third-order valence-corrected chi connectivity index (χ3v) is 2.16. The van der Waals surface area contributed by atoms with Crippen LogP contribution in [0.5, 0.6) is 0 Å². The number of rotatable bonds is 1. The van der Waals surface area contributed by atoms with E-state index in [-0.39, 0.29) is 12.5 Å². The van der Waals surface area contributed by atoms with E-state index in [9.17, 15) is 10.2 Å². The molecule has 0 spiro atoms. The number of aliphatic hydroxyl groups is 3. The maximum Gasteiger partial charge on any atom is 0.0929 e. The molecule has 1 aliphatic heterocycles. The van der Waals surface area contributed by atoms with Gasteiger partial charge in [0.25, 0.3) is 0 Å². The standard InChI is InChI=1S/C7H15NO3/c1-8-2-5(4-9)7(11)6(10)3-8/h5-7,9-11H,2-4H2,1H3/t5-,6-,7-/m0/s1. The maximum absolute atomic E-state index is 9.32. The van der Waals surface area contributed by atoms with Crippen LogP contribution < -0.4 is 0 Å². The fourth-order valence-corrected chi connectivity index (χ4v) is 1.49. The topological polar surface area (TPSA) is 63.9 Å². The summed E-state index contributed by atoms with van der Waals surface area (Å²) < 4.78 is 0. The lowest BCUT2D eigenvalue weighted by Gasteiger charge is -2.36. The van der Waals surface area contributed by atoms with Gasteiger partial charge in [0.05, 0.1) is 12.2 Å². The Kier molecular flexibility index (Phi) is 2.84. The van der Waals surface area contributed by atoms with Gasteiger partial charge in [-0.3, -0.25) is 0 Å². The average Bonchev–Trinajstić information content (AvgIpc) is 1.96. The summed E-state index contributed by atoms with van der Waals surface area (Å²) in [6.07, 6.45) is -1.48. The van der Waals surface area contributed by atoms with Gasteiger partial charge in [0.15, 0.2) is 0 Å². The number of nitrogens with zero attached hydrogens (tertiary/aromatic N) is 1. The van der Waals surface area contributed by atoms with Gasteiger partial charge in [-0.25, -0.2) is 0 Å². The molecule has 66 valence electrons. The zero-order valence-corrected chi connectivity index (χ0v) is 6.64. The Morgan fingerprint density at radius 2 is 2.00 bits per heavy atom.